The fourth-order valence-corrected chi connectivity index (χ4v) is 4.15. The van der Waals surface area contributed by atoms with Gasteiger partial charge in [-0.05, 0) is 66.6 Å². The van der Waals surface area contributed by atoms with Gasteiger partial charge in [0.1, 0.15) is 16.3 Å². The lowest BCUT2D eigenvalue weighted by Gasteiger charge is -2.20. The molecule has 0 aliphatic heterocycles. The van der Waals surface area contributed by atoms with Crippen LogP contribution in [0, 0.1) is 5.82 Å². The molecule has 164 valence electrons. The predicted octanol–water partition coefficient (Wildman–Crippen LogP) is 3.74. The lowest BCUT2D eigenvalue weighted by atomic mass is 9.87. The maximum Gasteiger partial charge on any atom is 0.265 e. The second kappa shape index (κ2) is 8.81. The molecule has 6 nitrogen and oxygen atoms in total. The largest absolute Gasteiger partial charge is 0.384 e. The molecule has 0 radical (unpaired) electrons. The van der Waals surface area contributed by atoms with Crippen molar-refractivity contribution in [1.82, 2.24) is 9.71 Å². The molecule has 2 rings (SSSR count). The van der Waals surface area contributed by atoms with Gasteiger partial charge in [0.05, 0.1) is 12.1 Å². The van der Waals surface area contributed by atoms with E-state index in [0.29, 0.717) is 22.4 Å². The molecular formula is C22H29FN2O4S. The summed E-state index contributed by atoms with van der Waals surface area (Å²) in [7, 11) is -4.13. The van der Waals surface area contributed by atoms with Gasteiger partial charge in [-0.3, -0.25) is 9.78 Å². The van der Waals surface area contributed by atoms with E-state index in [1.807, 2.05) is 27.7 Å². The van der Waals surface area contributed by atoms with E-state index in [4.69, 9.17) is 0 Å². The van der Waals surface area contributed by atoms with Crippen LogP contribution in [0.25, 0.3) is 0 Å². The van der Waals surface area contributed by atoms with Crippen LogP contribution in [0.15, 0.2) is 35.4 Å². The van der Waals surface area contributed by atoms with Gasteiger partial charge in [0, 0.05) is 6.20 Å². The normalized spacial score (nSPS) is 12.5. The first-order chi connectivity index (χ1) is 13.7. The molecule has 8 heteroatoms. The fourth-order valence-electron chi connectivity index (χ4n) is 3.22. The Bertz CT molecular complexity index is 995. The van der Waals surface area contributed by atoms with Gasteiger partial charge in [-0.2, -0.15) is 0 Å². The zero-order valence-electron chi connectivity index (χ0n) is 18.2. The number of aliphatic hydroxyl groups is 1. The molecule has 0 aliphatic rings. The first-order valence-electron chi connectivity index (χ1n) is 9.79. The van der Waals surface area contributed by atoms with Gasteiger partial charge < -0.3 is 5.11 Å². The first kappa shape index (κ1) is 24.0. The second-order valence-electron chi connectivity index (χ2n) is 8.52. The van der Waals surface area contributed by atoms with Crippen LogP contribution in [0.1, 0.15) is 75.8 Å². The van der Waals surface area contributed by atoms with E-state index in [0.717, 1.165) is 6.20 Å². The molecule has 2 aromatic rings. The molecule has 2 N–H and O–H groups in total. The topological polar surface area (TPSA) is 96.4 Å². The number of rotatable bonds is 7. The average molecular weight is 437 g/mol. The van der Waals surface area contributed by atoms with Crippen LogP contribution in [-0.2, 0) is 26.8 Å². The standard InChI is InChI=1S/C22H29FN2O4S/c1-13(2)17-9-15(23)10-18(14(3)4)19(17)11-21(26)25-30(28,29)16-7-8-20(24-12-16)22(5,6)27/h7-10,12-14,27H,11H2,1-6H3,(H,25,26). The van der Waals surface area contributed by atoms with Gasteiger partial charge in [0.25, 0.3) is 10.0 Å². The molecule has 0 saturated carbocycles. The van der Waals surface area contributed by atoms with Crippen molar-refractivity contribution in [3.63, 3.8) is 0 Å². The Kier molecular flexibility index (Phi) is 7.04. The maximum atomic E-state index is 14.1. The number of carbonyl (C=O) groups is 1. The van der Waals surface area contributed by atoms with Gasteiger partial charge in [-0.1, -0.05) is 27.7 Å². The van der Waals surface area contributed by atoms with Gasteiger partial charge in [-0.15, -0.1) is 0 Å². The number of hydrogen-bond donors (Lipinski definition) is 2. The number of nitrogens with zero attached hydrogens (tertiary/aromatic N) is 1. The van der Waals surface area contributed by atoms with Crippen molar-refractivity contribution >= 4 is 15.9 Å². The van der Waals surface area contributed by atoms with Gasteiger partial charge in [0.15, 0.2) is 0 Å². The lowest BCUT2D eigenvalue weighted by Crippen LogP contribution is -2.32. The summed E-state index contributed by atoms with van der Waals surface area (Å²) in [4.78, 5) is 16.4. The Balaban J connectivity index is 2.31. The third-order valence-corrected chi connectivity index (χ3v) is 6.15. The zero-order valence-corrected chi connectivity index (χ0v) is 19.0. The molecule has 1 heterocycles. The molecule has 1 aromatic heterocycles. The van der Waals surface area contributed by atoms with Crippen molar-refractivity contribution in [1.29, 1.82) is 0 Å². The summed E-state index contributed by atoms with van der Waals surface area (Å²) in [6.07, 6.45) is 0.912. The lowest BCUT2D eigenvalue weighted by molar-refractivity contribution is -0.118. The van der Waals surface area contributed by atoms with Crippen molar-refractivity contribution in [3.8, 4) is 0 Å². The maximum absolute atomic E-state index is 14.1. The number of sulfonamides is 1. The summed E-state index contributed by atoms with van der Waals surface area (Å²) in [6, 6.07) is 5.47. The minimum atomic E-state index is -4.13. The highest BCUT2D eigenvalue weighted by Crippen LogP contribution is 2.29. The van der Waals surface area contributed by atoms with Gasteiger partial charge >= 0.3 is 0 Å². The fraction of sp³-hybridized carbons (Fsp3) is 0.455. The summed E-state index contributed by atoms with van der Waals surface area (Å²) >= 11 is 0. The van der Waals surface area contributed by atoms with Gasteiger partial charge in [-0.25, -0.2) is 17.5 Å². The van der Waals surface area contributed by atoms with E-state index in [2.05, 4.69) is 9.71 Å². The molecule has 0 saturated heterocycles. The number of halogens is 1. The molecule has 0 atom stereocenters. The minimum Gasteiger partial charge on any atom is -0.384 e. The smallest absolute Gasteiger partial charge is 0.265 e. The average Bonchev–Trinajstić information content (AvgIpc) is 2.61. The quantitative estimate of drug-likeness (QED) is 0.689. The van der Waals surface area contributed by atoms with Crippen LogP contribution in [0.2, 0.25) is 0 Å². The molecule has 0 aliphatic carbocycles. The summed E-state index contributed by atoms with van der Waals surface area (Å²) in [5, 5.41) is 9.94. The van der Waals surface area contributed by atoms with Crippen LogP contribution in [0.4, 0.5) is 4.39 Å². The Labute approximate surface area is 177 Å². The van der Waals surface area contributed by atoms with Gasteiger partial charge in [0.2, 0.25) is 5.91 Å². The Morgan fingerprint density at radius 3 is 2.07 bits per heavy atom. The first-order valence-corrected chi connectivity index (χ1v) is 11.3. The van der Waals surface area contributed by atoms with E-state index in [1.165, 1.54) is 38.1 Å². The predicted molar refractivity (Wildman–Crippen MR) is 113 cm³/mol. The summed E-state index contributed by atoms with van der Waals surface area (Å²) in [5.74, 6) is -1.15. The van der Waals surface area contributed by atoms with E-state index >= 15 is 0 Å². The number of aromatic nitrogens is 1. The highest BCUT2D eigenvalue weighted by atomic mass is 32.2. The van der Waals surface area contributed by atoms with Crippen molar-refractivity contribution in [2.24, 2.45) is 0 Å². The Morgan fingerprint density at radius 2 is 1.67 bits per heavy atom. The second-order valence-corrected chi connectivity index (χ2v) is 10.2. The monoisotopic (exact) mass is 436 g/mol. The third kappa shape index (κ3) is 5.64. The molecule has 0 fully saturated rings. The number of amides is 1. The molecule has 0 unspecified atom stereocenters. The number of pyridine rings is 1. The van der Waals surface area contributed by atoms with Crippen molar-refractivity contribution < 1.29 is 22.7 Å². The van der Waals surface area contributed by atoms with Crippen LogP contribution in [-0.4, -0.2) is 24.4 Å². The van der Waals surface area contributed by atoms with Crippen LogP contribution in [0.3, 0.4) is 0 Å². The molecule has 0 bridgehead atoms. The van der Waals surface area contributed by atoms with Crippen LogP contribution < -0.4 is 4.72 Å². The number of carbonyl (C=O) groups excluding carboxylic acids is 1. The molecule has 30 heavy (non-hydrogen) atoms. The summed E-state index contributed by atoms with van der Waals surface area (Å²) in [5.41, 5.74) is 1.10. The number of nitrogens with one attached hydrogen (secondary N) is 1. The van der Waals surface area contributed by atoms with Crippen LogP contribution >= 0.6 is 0 Å². The minimum absolute atomic E-state index is 0.0313. The Hall–Kier alpha value is -2.32. The summed E-state index contributed by atoms with van der Waals surface area (Å²) < 4.78 is 41.3. The third-order valence-electron chi connectivity index (χ3n) is 4.79. The zero-order chi connectivity index (χ0) is 22.9. The van der Waals surface area contributed by atoms with Crippen LogP contribution in [0.5, 0.6) is 0 Å². The number of hydrogen-bond acceptors (Lipinski definition) is 5. The number of benzene rings is 1. The SMILES string of the molecule is CC(C)c1cc(F)cc(C(C)C)c1CC(=O)NS(=O)(=O)c1ccc(C(C)(C)O)nc1. The highest BCUT2D eigenvalue weighted by molar-refractivity contribution is 7.90. The van der Waals surface area contributed by atoms with E-state index < -0.39 is 21.5 Å². The van der Waals surface area contributed by atoms with E-state index in [1.54, 1.807) is 0 Å². The van der Waals surface area contributed by atoms with E-state index in [-0.39, 0.29) is 29.0 Å². The highest BCUT2D eigenvalue weighted by Gasteiger charge is 2.24. The van der Waals surface area contributed by atoms with Crippen molar-refractivity contribution in [2.75, 3.05) is 0 Å². The van der Waals surface area contributed by atoms with Crippen molar-refractivity contribution in [2.45, 2.75) is 70.3 Å². The molecule has 1 amide bonds. The molecule has 0 spiro atoms. The Morgan fingerprint density at radius 1 is 1.13 bits per heavy atom. The summed E-state index contributed by atoms with van der Waals surface area (Å²) in [6.45, 7) is 10.7. The van der Waals surface area contributed by atoms with E-state index in [9.17, 15) is 22.7 Å². The molecule has 1 aromatic carbocycles. The molecular weight excluding hydrogens is 407 g/mol. The van der Waals surface area contributed by atoms with Crippen molar-refractivity contribution in [3.05, 3.63) is 58.7 Å².